The molecule has 0 unspecified atom stereocenters. The highest BCUT2D eigenvalue weighted by molar-refractivity contribution is 6.33. The van der Waals surface area contributed by atoms with Crippen molar-refractivity contribution in [3.05, 3.63) is 65.1 Å². The molecule has 2 aliphatic rings. The maximum absolute atomic E-state index is 6.42. The topological polar surface area (TPSA) is 78.9 Å². The summed E-state index contributed by atoms with van der Waals surface area (Å²) in [5, 5.41) is 8.63. The molecule has 0 spiro atoms. The smallest absolute Gasteiger partial charge is 0.162 e. The summed E-state index contributed by atoms with van der Waals surface area (Å²) >= 11 is 6.42. The Hall–Kier alpha value is -3.29. The van der Waals surface area contributed by atoms with E-state index in [0.717, 1.165) is 59.7 Å². The van der Waals surface area contributed by atoms with Gasteiger partial charge in [0.05, 0.1) is 22.4 Å². The second-order valence-corrected chi connectivity index (χ2v) is 9.40. The van der Waals surface area contributed by atoms with Gasteiger partial charge in [-0.1, -0.05) is 23.7 Å². The second kappa shape index (κ2) is 8.81. The first-order valence-electron chi connectivity index (χ1n) is 11.8. The zero-order chi connectivity index (χ0) is 23.1. The summed E-state index contributed by atoms with van der Waals surface area (Å²) in [7, 11) is 0. The fourth-order valence-electron chi connectivity index (χ4n) is 4.58. The molecule has 172 valence electrons. The standard InChI is InChI=1S/C26H26ClN7/c1-16-3-2-4-20(27)24(16)32-22-13-18(7-8-30-22)25-31-21-15-29-14-19(17-5-6-17)23(21)26(33-25)34-11-9-28-10-12-34/h2-4,7-8,13-15,17,28H,5-6,9-12H2,1H3,(H,30,32). The van der Waals surface area contributed by atoms with Crippen LogP contribution < -0.4 is 15.5 Å². The molecule has 1 saturated carbocycles. The summed E-state index contributed by atoms with van der Waals surface area (Å²) in [5.41, 5.74) is 4.99. The normalized spacial score (nSPS) is 16.1. The summed E-state index contributed by atoms with van der Waals surface area (Å²) in [6.07, 6.45) is 8.08. The lowest BCUT2D eigenvalue weighted by molar-refractivity contribution is 0.586. The average molecular weight is 472 g/mol. The zero-order valence-corrected chi connectivity index (χ0v) is 19.8. The number of rotatable bonds is 5. The molecule has 3 aromatic heterocycles. The molecule has 8 heteroatoms. The van der Waals surface area contributed by atoms with Gasteiger partial charge in [0.15, 0.2) is 5.82 Å². The number of nitrogens with one attached hydrogen (secondary N) is 2. The third-order valence-corrected chi connectivity index (χ3v) is 6.86. The van der Waals surface area contributed by atoms with E-state index in [1.54, 1.807) is 6.20 Å². The van der Waals surface area contributed by atoms with Crippen LogP contribution in [0.3, 0.4) is 0 Å². The molecule has 0 bridgehead atoms. The highest BCUT2D eigenvalue weighted by Gasteiger charge is 2.29. The SMILES string of the molecule is Cc1cccc(Cl)c1Nc1cc(-c2nc(N3CCNCC3)c3c(C4CC4)cncc3n2)ccn1. The van der Waals surface area contributed by atoms with E-state index < -0.39 is 0 Å². The van der Waals surface area contributed by atoms with Crippen molar-refractivity contribution in [1.82, 2.24) is 25.3 Å². The van der Waals surface area contributed by atoms with Gasteiger partial charge in [-0.15, -0.1) is 0 Å². The number of aromatic nitrogens is 4. The van der Waals surface area contributed by atoms with E-state index in [1.807, 2.05) is 49.6 Å². The Labute approximate surface area is 203 Å². The fraction of sp³-hybridized carbons (Fsp3) is 0.308. The largest absolute Gasteiger partial charge is 0.353 e. The molecule has 0 atom stereocenters. The number of benzene rings is 1. The maximum atomic E-state index is 6.42. The maximum Gasteiger partial charge on any atom is 0.162 e. The van der Waals surface area contributed by atoms with Crippen LogP contribution in [0, 0.1) is 6.92 Å². The van der Waals surface area contributed by atoms with E-state index in [2.05, 4.69) is 25.5 Å². The first-order chi connectivity index (χ1) is 16.7. The van der Waals surface area contributed by atoms with Crippen molar-refractivity contribution in [3.8, 4) is 11.4 Å². The Morgan fingerprint density at radius 1 is 1.09 bits per heavy atom. The monoisotopic (exact) mass is 471 g/mol. The molecule has 4 heterocycles. The van der Waals surface area contributed by atoms with Crippen molar-refractivity contribution in [2.75, 3.05) is 36.4 Å². The minimum atomic E-state index is 0.572. The van der Waals surface area contributed by atoms with Gasteiger partial charge < -0.3 is 15.5 Å². The molecule has 2 N–H and O–H groups in total. The van der Waals surface area contributed by atoms with E-state index in [0.29, 0.717) is 22.6 Å². The van der Waals surface area contributed by atoms with Crippen molar-refractivity contribution in [3.63, 3.8) is 0 Å². The van der Waals surface area contributed by atoms with Crippen molar-refractivity contribution in [1.29, 1.82) is 0 Å². The van der Waals surface area contributed by atoms with Crippen molar-refractivity contribution < 1.29 is 0 Å². The van der Waals surface area contributed by atoms with Gasteiger partial charge in [-0.05, 0) is 55.0 Å². The predicted molar refractivity (Wildman–Crippen MR) is 137 cm³/mol. The molecule has 34 heavy (non-hydrogen) atoms. The minimum absolute atomic E-state index is 0.572. The van der Waals surface area contributed by atoms with Crippen LogP contribution in [0.5, 0.6) is 0 Å². The summed E-state index contributed by atoms with van der Waals surface area (Å²) < 4.78 is 0. The molecular formula is C26H26ClN7. The Morgan fingerprint density at radius 2 is 1.94 bits per heavy atom. The van der Waals surface area contributed by atoms with Crippen LogP contribution >= 0.6 is 11.6 Å². The lowest BCUT2D eigenvalue weighted by Crippen LogP contribution is -2.44. The van der Waals surface area contributed by atoms with Crippen molar-refractivity contribution >= 4 is 39.8 Å². The van der Waals surface area contributed by atoms with Gasteiger partial charge in [-0.2, -0.15) is 0 Å². The number of nitrogens with zero attached hydrogens (tertiary/aromatic N) is 5. The molecule has 6 rings (SSSR count). The van der Waals surface area contributed by atoms with Crippen LogP contribution in [-0.2, 0) is 0 Å². The predicted octanol–water partition coefficient (Wildman–Crippen LogP) is 5.08. The van der Waals surface area contributed by atoms with Gasteiger partial charge in [0.25, 0.3) is 0 Å². The summed E-state index contributed by atoms with van der Waals surface area (Å²) in [5.74, 6) is 2.96. The number of hydrogen-bond donors (Lipinski definition) is 2. The van der Waals surface area contributed by atoms with Crippen molar-refractivity contribution in [2.24, 2.45) is 0 Å². The van der Waals surface area contributed by atoms with E-state index in [4.69, 9.17) is 21.6 Å². The zero-order valence-electron chi connectivity index (χ0n) is 19.1. The molecule has 0 amide bonds. The summed E-state index contributed by atoms with van der Waals surface area (Å²) in [6, 6.07) is 9.76. The van der Waals surface area contributed by atoms with E-state index in [-0.39, 0.29) is 0 Å². The van der Waals surface area contributed by atoms with Crippen LogP contribution in [0.25, 0.3) is 22.3 Å². The van der Waals surface area contributed by atoms with Crippen LogP contribution in [0.15, 0.2) is 48.9 Å². The molecule has 0 radical (unpaired) electrons. The number of aryl methyl sites for hydroxylation is 1. The Bertz CT molecular complexity index is 1340. The average Bonchev–Trinajstić information content (AvgIpc) is 3.72. The minimum Gasteiger partial charge on any atom is -0.353 e. The van der Waals surface area contributed by atoms with Gasteiger partial charge in [0.1, 0.15) is 11.6 Å². The molecule has 7 nitrogen and oxygen atoms in total. The number of para-hydroxylation sites is 1. The summed E-state index contributed by atoms with van der Waals surface area (Å²) in [4.78, 5) is 21.5. The lowest BCUT2D eigenvalue weighted by Gasteiger charge is -2.30. The molecule has 1 aliphatic heterocycles. The molecular weight excluding hydrogens is 446 g/mol. The molecule has 4 aromatic rings. The third kappa shape index (κ3) is 4.06. The number of fused-ring (bicyclic) bond motifs is 1. The van der Waals surface area contributed by atoms with Crippen molar-refractivity contribution in [2.45, 2.75) is 25.7 Å². The Balaban J connectivity index is 1.44. The molecule has 1 saturated heterocycles. The van der Waals surface area contributed by atoms with Crippen LogP contribution in [0.2, 0.25) is 5.02 Å². The second-order valence-electron chi connectivity index (χ2n) is 8.99. The van der Waals surface area contributed by atoms with Gasteiger partial charge in [-0.3, -0.25) is 4.98 Å². The van der Waals surface area contributed by atoms with Crippen LogP contribution in [0.1, 0.15) is 29.9 Å². The van der Waals surface area contributed by atoms with Crippen LogP contribution in [0.4, 0.5) is 17.3 Å². The highest BCUT2D eigenvalue weighted by Crippen LogP contribution is 2.45. The highest BCUT2D eigenvalue weighted by atomic mass is 35.5. The van der Waals surface area contributed by atoms with E-state index >= 15 is 0 Å². The quantitative estimate of drug-likeness (QED) is 0.420. The number of piperazine rings is 1. The van der Waals surface area contributed by atoms with Gasteiger partial charge in [0, 0.05) is 49.5 Å². The van der Waals surface area contributed by atoms with E-state index in [1.165, 1.54) is 18.4 Å². The first-order valence-corrected chi connectivity index (χ1v) is 12.1. The number of halogens is 1. The number of anilines is 3. The lowest BCUT2D eigenvalue weighted by atomic mass is 10.1. The van der Waals surface area contributed by atoms with Gasteiger partial charge in [-0.25, -0.2) is 15.0 Å². The number of hydrogen-bond acceptors (Lipinski definition) is 7. The number of pyridine rings is 2. The first kappa shape index (κ1) is 21.3. The van der Waals surface area contributed by atoms with Crippen LogP contribution in [-0.4, -0.2) is 46.1 Å². The Morgan fingerprint density at radius 3 is 2.74 bits per heavy atom. The molecule has 1 aliphatic carbocycles. The van der Waals surface area contributed by atoms with Gasteiger partial charge in [0.2, 0.25) is 0 Å². The van der Waals surface area contributed by atoms with E-state index in [9.17, 15) is 0 Å². The molecule has 1 aromatic carbocycles. The fourth-order valence-corrected chi connectivity index (χ4v) is 4.85. The third-order valence-electron chi connectivity index (χ3n) is 6.54. The molecule has 2 fully saturated rings. The van der Waals surface area contributed by atoms with Gasteiger partial charge >= 0.3 is 0 Å². The summed E-state index contributed by atoms with van der Waals surface area (Å²) in [6.45, 7) is 5.77. The Kier molecular flexibility index (Phi) is 5.51.